The monoisotopic (exact) mass is 214 g/mol. The van der Waals surface area contributed by atoms with Crippen LogP contribution in [0.4, 0.5) is 0 Å². The fourth-order valence-electron chi connectivity index (χ4n) is 1.19. The lowest BCUT2D eigenvalue weighted by atomic mass is 10.1. The van der Waals surface area contributed by atoms with Crippen LogP contribution in [0.15, 0.2) is 24.3 Å². The third-order valence-electron chi connectivity index (χ3n) is 1.99. The standard InChI is InChI=1S/C11H15ClO2/c1-2-14-8-7-11(13)9-3-5-10(12)6-4-9/h3-6,11,13H,2,7-8H2,1H3. The number of hydrogen-bond donors (Lipinski definition) is 1. The van der Waals surface area contributed by atoms with Crippen LogP contribution in [-0.2, 0) is 4.74 Å². The number of benzene rings is 1. The van der Waals surface area contributed by atoms with Gasteiger partial charge in [0.25, 0.3) is 0 Å². The Bertz CT molecular complexity index is 258. The quantitative estimate of drug-likeness (QED) is 0.764. The first-order chi connectivity index (χ1) is 6.74. The molecule has 0 aromatic heterocycles. The molecule has 1 aromatic rings. The maximum absolute atomic E-state index is 9.71. The Hall–Kier alpha value is -0.570. The summed E-state index contributed by atoms with van der Waals surface area (Å²) in [4.78, 5) is 0. The van der Waals surface area contributed by atoms with Crippen LogP contribution in [-0.4, -0.2) is 18.3 Å². The maximum Gasteiger partial charge on any atom is 0.0812 e. The highest BCUT2D eigenvalue weighted by atomic mass is 35.5. The van der Waals surface area contributed by atoms with Crippen molar-refractivity contribution < 1.29 is 9.84 Å². The smallest absolute Gasteiger partial charge is 0.0812 e. The van der Waals surface area contributed by atoms with Crippen molar-refractivity contribution in [1.82, 2.24) is 0 Å². The van der Waals surface area contributed by atoms with Crippen molar-refractivity contribution in [3.8, 4) is 0 Å². The number of ether oxygens (including phenoxy) is 1. The van der Waals surface area contributed by atoms with Gasteiger partial charge in [0.15, 0.2) is 0 Å². The van der Waals surface area contributed by atoms with Gasteiger partial charge in [0.2, 0.25) is 0 Å². The average Bonchev–Trinajstić information content (AvgIpc) is 2.19. The van der Waals surface area contributed by atoms with Crippen LogP contribution in [0.5, 0.6) is 0 Å². The molecule has 3 heteroatoms. The number of aliphatic hydroxyl groups excluding tert-OH is 1. The van der Waals surface area contributed by atoms with Gasteiger partial charge in [-0.2, -0.15) is 0 Å². The zero-order valence-corrected chi connectivity index (χ0v) is 9.00. The van der Waals surface area contributed by atoms with E-state index in [-0.39, 0.29) is 0 Å². The van der Waals surface area contributed by atoms with Gasteiger partial charge >= 0.3 is 0 Å². The summed E-state index contributed by atoms with van der Waals surface area (Å²) in [5.41, 5.74) is 0.883. The summed E-state index contributed by atoms with van der Waals surface area (Å²) in [6.07, 6.45) is 0.161. The Morgan fingerprint density at radius 1 is 1.36 bits per heavy atom. The molecule has 14 heavy (non-hydrogen) atoms. The molecule has 78 valence electrons. The fourth-order valence-corrected chi connectivity index (χ4v) is 1.32. The van der Waals surface area contributed by atoms with Crippen LogP contribution in [0, 0.1) is 0 Å². The first-order valence-corrected chi connectivity index (χ1v) is 5.13. The molecule has 0 aliphatic heterocycles. The molecule has 0 fully saturated rings. The summed E-state index contributed by atoms with van der Waals surface area (Å²) in [5.74, 6) is 0. The van der Waals surface area contributed by atoms with Crippen molar-refractivity contribution in [2.75, 3.05) is 13.2 Å². The molecule has 1 unspecified atom stereocenters. The van der Waals surface area contributed by atoms with E-state index in [0.29, 0.717) is 24.7 Å². The Labute approximate surface area is 89.5 Å². The van der Waals surface area contributed by atoms with Gasteiger partial charge < -0.3 is 9.84 Å². The molecule has 0 radical (unpaired) electrons. The zero-order valence-electron chi connectivity index (χ0n) is 8.24. The van der Waals surface area contributed by atoms with E-state index in [9.17, 15) is 5.11 Å². The van der Waals surface area contributed by atoms with Gasteiger partial charge in [0.05, 0.1) is 6.10 Å². The van der Waals surface area contributed by atoms with E-state index >= 15 is 0 Å². The van der Waals surface area contributed by atoms with Crippen molar-refractivity contribution >= 4 is 11.6 Å². The molecule has 0 aliphatic carbocycles. The van der Waals surface area contributed by atoms with E-state index in [1.807, 2.05) is 19.1 Å². The molecular formula is C11H15ClO2. The number of hydrogen-bond acceptors (Lipinski definition) is 2. The minimum Gasteiger partial charge on any atom is -0.388 e. The Kier molecular flexibility index (Phi) is 4.94. The highest BCUT2D eigenvalue weighted by Gasteiger charge is 2.06. The third kappa shape index (κ3) is 3.66. The van der Waals surface area contributed by atoms with Crippen LogP contribution in [0.1, 0.15) is 25.0 Å². The van der Waals surface area contributed by atoms with Crippen LogP contribution in [0.2, 0.25) is 5.02 Å². The SMILES string of the molecule is CCOCCC(O)c1ccc(Cl)cc1. The maximum atomic E-state index is 9.71. The second-order valence-corrected chi connectivity index (χ2v) is 3.49. The Morgan fingerprint density at radius 2 is 2.00 bits per heavy atom. The summed E-state index contributed by atoms with van der Waals surface area (Å²) in [5, 5.41) is 10.4. The van der Waals surface area contributed by atoms with Gasteiger partial charge in [-0.25, -0.2) is 0 Å². The lowest BCUT2D eigenvalue weighted by Gasteiger charge is -2.10. The van der Waals surface area contributed by atoms with Gasteiger partial charge in [-0.1, -0.05) is 23.7 Å². The third-order valence-corrected chi connectivity index (χ3v) is 2.25. The van der Waals surface area contributed by atoms with Gasteiger partial charge in [-0.05, 0) is 24.6 Å². The van der Waals surface area contributed by atoms with Crippen molar-refractivity contribution in [3.05, 3.63) is 34.9 Å². The second-order valence-electron chi connectivity index (χ2n) is 3.05. The number of aliphatic hydroxyl groups is 1. The molecule has 0 heterocycles. The highest BCUT2D eigenvalue weighted by Crippen LogP contribution is 2.18. The molecule has 1 aromatic carbocycles. The van der Waals surface area contributed by atoms with Crippen LogP contribution in [0.3, 0.4) is 0 Å². The number of halogens is 1. The van der Waals surface area contributed by atoms with E-state index in [1.54, 1.807) is 12.1 Å². The van der Waals surface area contributed by atoms with Crippen LogP contribution in [0.25, 0.3) is 0 Å². The lowest BCUT2D eigenvalue weighted by molar-refractivity contribution is 0.0886. The Balaban J connectivity index is 2.43. The first kappa shape index (κ1) is 11.5. The van der Waals surface area contributed by atoms with Crippen molar-refractivity contribution in [2.45, 2.75) is 19.4 Å². The van der Waals surface area contributed by atoms with Gasteiger partial charge in [-0.3, -0.25) is 0 Å². The van der Waals surface area contributed by atoms with Gasteiger partial charge in [0.1, 0.15) is 0 Å². The molecular weight excluding hydrogens is 200 g/mol. The van der Waals surface area contributed by atoms with E-state index in [1.165, 1.54) is 0 Å². The highest BCUT2D eigenvalue weighted by molar-refractivity contribution is 6.30. The molecule has 0 saturated carbocycles. The average molecular weight is 215 g/mol. The first-order valence-electron chi connectivity index (χ1n) is 4.75. The lowest BCUT2D eigenvalue weighted by Crippen LogP contribution is -2.02. The molecule has 1 N–H and O–H groups in total. The fraction of sp³-hybridized carbons (Fsp3) is 0.455. The van der Waals surface area contributed by atoms with Crippen LogP contribution < -0.4 is 0 Å². The predicted octanol–water partition coefficient (Wildman–Crippen LogP) is 2.80. The predicted molar refractivity (Wildman–Crippen MR) is 57.5 cm³/mol. The molecule has 0 spiro atoms. The summed E-state index contributed by atoms with van der Waals surface area (Å²) >= 11 is 5.74. The molecule has 1 rings (SSSR count). The minimum absolute atomic E-state index is 0.459. The van der Waals surface area contributed by atoms with Crippen LogP contribution >= 0.6 is 11.6 Å². The summed E-state index contributed by atoms with van der Waals surface area (Å²) < 4.78 is 5.16. The zero-order chi connectivity index (χ0) is 10.4. The molecule has 0 saturated heterocycles. The second kappa shape index (κ2) is 6.02. The Morgan fingerprint density at radius 3 is 2.57 bits per heavy atom. The molecule has 1 atom stereocenters. The number of rotatable bonds is 5. The van der Waals surface area contributed by atoms with Crippen molar-refractivity contribution in [3.63, 3.8) is 0 Å². The molecule has 0 aliphatic rings. The molecule has 2 nitrogen and oxygen atoms in total. The molecule has 0 amide bonds. The summed E-state index contributed by atoms with van der Waals surface area (Å²) in [7, 11) is 0. The summed E-state index contributed by atoms with van der Waals surface area (Å²) in [6, 6.07) is 7.22. The van der Waals surface area contributed by atoms with Gasteiger partial charge in [0, 0.05) is 24.7 Å². The van der Waals surface area contributed by atoms with E-state index in [2.05, 4.69) is 0 Å². The van der Waals surface area contributed by atoms with E-state index in [0.717, 1.165) is 5.56 Å². The summed E-state index contributed by atoms with van der Waals surface area (Å²) in [6.45, 7) is 3.21. The molecule has 0 bridgehead atoms. The van der Waals surface area contributed by atoms with Gasteiger partial charge in [-0.15, -0.1) is 0 Å². The van der Waals surface area contributed by atoms with E-state index in [4.69, 9.17) is 16.3 Å². The van der Waals surface area contributed by atoms with E-state index < -0.39 is 6.10 Å². The topological polar surface area (TPSA) is 29.5 Å². The minimum atomic E-state index is -0.459. The van der Waals surface area contributed by atoms with Crippen molar-refractivity contribution in [2.24, 2.45) is 0 Å². The largest absolute Gasteiger partial charge is 0.388 e. The van der Waals surface area contributed by atoms with Crippen molar-refractivity contribution in [1.29, 1.82) is 0 Å². The normalized spacial score (nSPS) is 12.8.